The van der Waals surface area contributed by atoms with Crippen LogP contribution in [0.1, 0.15) is 0 Å². The minimum atomic E-state index is 0. The van der Waals surface area contributed by atoms with E-state index in [9.17, 15) is 0 Å². The first-order valence-corrected chi connectivity index (χ1v) is 2.53. The first kappa shape index (κ1) is 12.5. The normalized spacial score (nSPS) is 18.7. The standard InChI is InChI=1S/C4H10N2O.2BrH/c1-3-7-4-2-6-5-1;;/h5-6H,1-4H2;2*1H. The lowest BCUT2D eigenvalue weighted by atomic mass is 10.7. The number of rotatable bonds is 0. The lowest BCUT2D eigenvalue weighted by Gasteiger charge is -1.94. The molecule has 58 valence electrons. The summed E-state index contributed by atoms with van der Waals surface area (Å²) >= 11 is 0. The van der Waals surface area contributed by atoms with Crippen LogP contribution in [-0.4, -0.2) is 26.3 Å². The van der Waals surface area contributed by atoms with Crippen LogP contribution in [0.4, 0.5) is 0 Å². The highest BCUT2D eigenvalue weighted by Gasteiger charge is 1.92. The van der Waals surface area contributed by atoms with E-state index in [2.05, 4.69) is 10.9 Å². The summed E-state index contributed by atoms with van der Waals surface area (Å²) in [4.78, 5) is 0. The maximum absolute atomic E-state index is 5.07. The predicted octanol–water partition coefficient (Wildman–Crippen LogP) is 0.267. The van der Waals surface area contributed by atoms with Gasteiger partial charge in [-0.25, -0.2) is 0 Å². The third-order valence-corrected chi connectivity index (χ3v) is 0.868. The summed E-state index contributed by atoms with van der Waals surface area (Å²) in [6, 6.07) is 0. The number of hydrazine groups is 1. The summed E-state index contributed by atoms with van der Waals surface area (Å²) in [6.07, 6.45) is 0. The second-order valence-corrected chi connectivity index (χ2v) is 1.47. The molecule has 0 spiro atoms. The lowest BCUT2D eigenvalue weighted by Crippen LogP contribution is -2.32. The Balaban J connectivity index is 0. The maximum Gasteiger partial charge on any atom is 0.0605 e. The molecule has 9 heavy (non-hydrogen) atoms. The molecule has 0 amide bonds. The Labute approximate surface area is 76.0 Å². The monoisotopic (exact) mass is 262 g/mol. The maximum atomic E-state index is 5.07. The van der Waals surface area contributed by atoms with Gasteiger partial charge >= 0.3 is 0 Å². The van der Waals surface area contributed by atoms with Crippen molar-refractivity contribution in [1.82, 2.24) is 10.9 Å². The Morgan fingerprint density at radius 1 is 0.889 bits per heavy atom. The zero-order chi connectivity index (χ0) is 4.95. The summed E-state index contributed by atoms with van der Waals surface area (Å²) in [5.41, 5.74) is 5.94. The molecule has 1 aliphatic rings. The smallest absolute Gasteiger partial charge is 0.0605 e. The lowest BCUT2D eigenvalue weighted by molar-refractivity contribution is 0.157. The molecule has 0 atom stereocenters. The number of hydrogen-bond acceptors (Lipinski definition) is 3. The van der Waals surface area contributed by atoms with Crippen molar-refractivity contribution >= 4 is 34.0 Å². The SMILES string of the molecule is Br.Br.C1COCCNN1. The first-order chi connectivity index (χ1) is 3.50. The molecule has 1 aliphatic heterocycles. The molecular formula is C4H12Br2N2O. The van der Waals surface area contributed by atoms with Crippen LogP contribution in [0.5, 0.6) is 0 Å². The number of ether oxygens (including phenoxy) is 1. The first-order valence-electron chi connectivity index (χ1n) is 2.53. The van der Waals surface area contributed by atoms with Gasteiger partial charge in [0.1, 0.15) is 0 Å². The molecule has 0 saturated carbocycles. The van der Waals surface area contributed by atoms with Crippen molar-refractivity contribution in [3.05, 3.63) is 0 Å². The Bertz CT molecular complexity index is 36.2. The van der Waals surface area contributed by atoms with Gasteiger partial charge in [-0.2, -0.15) is 0 Å². The molecule has 3 nitrogen and oxygen atoms in total. The zero-order valence-electron chi connectivity index (χ0n) is 5.05. The molecule has 0 bridgehead atoms. The molecule has 5 heteroatoms. The molecular weight excluding hydrogens is 252 g/mol. The summed E-state index contributed by atoms with van der Waals surface area (Å²) in [5, 5.41) is 0. The van der Waals surface area contributed by atoms with Gasteiger partial charge in [0.15, 0.2) is 0 Å². The van der Waals surface area contributed by atoms with E-state index in [-0.39, 0.29) is 34.0 Å². The van der Waals surface area contributed by atoms with E-state index in [1.54, 1.807) is 0 Å². The summed E-state index contributed by atoms with van der Waals surface area (Å²) in [5.74, 6) is 0. The van der Waals surface area contributed by atoms with Gasteiger partial charge in [-0.05, 0) is 0 Å². The molecule has 0 aromatic heterocycles. The summed E-state index contributed by atoms with van der Waals surface area (Å²) < 4.78 is 5.07. The van der Waals surface area contributed by atoms with Crippen LogP contribution < -0.4 is 10.9 Å². The van der Waals surface area contributed by atoms with Crippen molar-refractivity contribution < 1.29 is 4.74 Å². The average Bonchev–Trinajstić information content (AvgIpc) is 1.90. The Kier molecular flexibility index (Phi) is 12.3. The van der Waals surface area contributed by atoms with E-state index in [1.807, 2.05) is 0 Å². The molecule has 2 N–H and O–H groups in total. The second kappa shape index (κ2) is 8.84. The van der Waals surface area contributed by atoms with Crippen LogP contribution in [0, 0.1) is 0 Å². The van der Waals surface area contributed by atoms with Gasteiger partial charge in [0.25, 0.3) is 0 Å². The topological polar surface area (TPSA) is 33.3 Å². The fraction of sp³-hybridized carbons (Fsp3) is 1.00. The number of hydrogen-bond donors (Lipinski definition) is 2. The Morgan fingerprint density at radius 3 is 1.78 bits per heavy atom. The molecule has 1 saturated heterocycles. The Morgan fingerprint density at radius 2 is 1.33 bits per heavy atom. The molecule has 0 aromatic carbocycles. The molecule has 1 rings (SSSR count). The van der Waals surface area contributed by atoms with E-state index in [4.69, 9.17) is 4.74 Å². The van der Waals surface area contributed by atoms with E-state index in [0.29, 0.717) is 0 Å². The largest absolute Gasteiger partial charge is 0.379 e. The third-order valence-electron chi connectivity index (χ3n) is 0.868. The summed E-state index contributed by atoms with van der Waals surface area (Å²) in [6.45, 7) is 3.49. The Hall–Kier alpha value is 0.840. The van der Waals surface area contributed by atoms with Crippen molar-refractivity contribution in [2.75, 3.05) is 26.3 Å². The van der Waals surface area contributed by atoms with Crippen LogP contribution in [0.15, 0.2) is 0 Å². The minimum absolute atomic E-state index is 0. The summed E-state index contributed by atoms with van der Waals surface area (Å²) in [7, 11) is 0. The quantitative estimate of drug-likeness (QED) is 0.658. The van der Waals surface area contributed by atoms with Gasteiger partial charge in [0, 0.05) is 13.1 Å². The van der Waals surface area contributed by atoms with Crippen molar-refractivity contribution in [3.8, 4) is 0 Å². The van der Waals surface area contributed by atoms with Gasteiger partial charge < -0.3 is 4.74 Å². The molecule has 0 unspecified atom stereocenters. The fourth-order valence-corrected chi connectivity index (χ4v) is 0.525. The molecule has 1 fully saturated rings. The molecule has 1 heterocycles. The fourth-order valence-electron chi connectivity index (χ4n) is 0.525. The predicted molar refractivity (Wildman–Crippen MR) is 47.5 cm³/mol. The zero-order valence-corrected chi connectivity index (χ0v) is 8.48. The van der Waals surface area contributed by atoms with Crippen molar-refractivity contribution in [1.29, 1.82) is 0 Å². The van der Waals surface area contributed by atoms with E-state index in [1.165, 1.54) is 0 Å². The van der Waals surface area contributed by atoms with Crippen LogP contribution in [0.3, 0.4) is 0 Å². The van der Waals surface area contributed by atoms with Crippen molar-refractivity contribution in [2.24, 2.45) is 0 Å². The highest BCUT2D eigenvalue weighted by molar-refractivity contribution is 8.93. The van der Waals surface area contributed by atoms with Gasteiger partial charge in [0.05, 0.1) is 13.2 Å². The highest BCUT2D eigenvalue weighted by Crippen LogP contribution is 1.73. The molecule has 0 aliphatic carbocycles. The van der Waals surface area contributed by atoms with E-state index in [0.717, 1.165) is 26.3 Å². The minimum Gasteiger partial charge on any atom is -0.379 e. The van der Waals surface area contributed by atoms with Crippen LogP contribution in [0.25, 0.3) is 0 Å². The number of halogens is 2. The van der Waals surface area contributed by atoms with E-state index < -0.39 is 0 Å². The van der Waals surface area contributed by atoms with Crippen LogP contribution in [0.2, 0.25) is 0 Å². The van der Waals surface area contributed by atoms with Gasteiger partial charge in [-0.3, -0.25) is 10.9 Å². The van der Waals surface area contributed by atoms with Crippen molar-refractivity contribution in [2.45, 2.75) is 0 Å². The molecule has 0 radical (unpaired) electrons. The van der Waals surface area contributed by atoms with Gasteiger partial charge in [-0.15, -0.1) is 34.0 Å². The van der Waals surface area contributed by atoms with E-state index >= 15 is 0 Å². The molecule has 0 aromatic rings. The van der Waals surface area contributed by atoms with Gasteiger partial charge in [-0.1, -0.05) is 0 Å². The second-order valence-electron chi connectivity index (χ2n) is 1.47. The number of nitrogens with one attached hydrogen (secondary N) is 2. The highest BCUT2D eigenvalue weighted by atomic mass is 79.9. The van der Waals surface area contributed by atoms with Gasteiger partial charge in [0.2, 0.25) is 0 Å². The van der Waals surface area contributed by atoms with Crippen LogP contribution in [-0.2, 0) is 4.74 Å². The average molecular weight is 264 g/mol. The van der Waals surface area contributed by atoms with Crippen LogP contribution >= 0.6 is 34.0 Å². The third kappa shape index (κ3) is 6.73. The van der Waals surface area contributed by atoms with Crippen molar-refractivity contribution in [3.63, 3.8) is 0 Å².